The minimum atomic E-state index is -1.59. The number of hydrogen-bond donors (Lipinski definition) is 2. The highest BCUT2D eigenvalue weighted by Crippen LogP contribution is 2.38. The van der Waals surface area contributed by atoms with Gasteiger partial charge in [0, 0.05) is 24.4 Å². The molecule has 0 amide bonds. The van der Waals surface area contributed by atoms with Gasteiger partial charge in [-0.2, -0.15) is 0 Å². The second kappa shape index (κ2) is 3.52. The fourth-order valence-electron chi connectivity index (χ4n) is 2.79. The maximum absolute atomic E-state index is 9.89. The largest absolute Gasteiger partial charge is 0.365 e. The van der Waals surface area contributed by atoms with Gasteiger partial charge in [-0.3, -0.25) is 4.98 Å². The molecule has 1 aromatic heterocycles. The molecule has 0 aliphatic heterocycles. The third-order valence-corrected chi connectivity index (χ3v) is 3.54. The SMILES string of the molecule is CC1CC(O)(O)Cc2c1cnc1ccccc21. The van der Waals surface area contributed by atoms with Crippen LogP contribution in [-0.2, 0) is 6.42 Å². The van der Waals surface area contributed by atoms with E-state index in [4.69, 9.17) is 0 Å². The molecule has 0 bridgehead atoms. The second-order valence-electron chi connectivity index (χ2n) is 4.97. The van der Waals surface area contributed by atoms with Gasteiger partial charge in [0.1, 0.15) is 0 Å². The van der Waals surface area contributed by atoms with Crippen LogP contribution in [0.25, 0.3) is 10.9 Å². The molecule has 1 aromatic carbocycles. The fourth-order valence-corrected chi connectivity index (χ4v) is 2.79. The first-order valence-electron chi connectivity index (χ1n) is 5.88. The monoisotopic (exact) mass is 229 g/mol. The number of aliphatic hydroxyl groups is 2. The molecule has 88 valence electrons. The minimum absolute atomic E-state index is 0.130. The summed E-state index contributed by atoms with van der Waals surface area (Å²) in [6, 6.07) is 7.85. The van der Waals surface area contributed by atoms with Crippen LogP contribution in [0.2, 0.25) is 0 Å². The molecule has 0 saturated heterocycles. The van der Waals surface area contributed by atoms with Gasteiger partial charge in [-0.15, -0.1) is 0 Å². The molecule has 2 aromatic rings. The first-order chi connectivity index (χ1) is 8.07. The molecule has 1 aliphatic carbocycles. The first kappa shape index (κ1) is 10.7. The van der Waals surface area contributed by atoms with Gasteiger partial charge < -0.3 is 10.2 Å². The van der Waals surface area contributed by atoms with Gasteiger partial charge in [-0.1, -0.05) is 25.1 Å². The minimum Gasteiger partial charge on any atom is -0.365 e. The molecule has 0 spiro atoms. The fraction of sp³-hybridized carbons (Fsp3) is 0.357. The van der Waals surface area contributed by atoms with Crippen molar-refractivity contribution in [2.75, 3.05) is 0 Å². The first-order valence-corrected chi connectivity index (χ1v) is 5.88. The Morgan fingerprint density at radius 1 is 1.29 bits per heavy atom. The molecular formula is C14H15NO2. The smallest absolute Gasteiger partial charge is 0.167 e. The lowest BCUT2D eigenvalue weighted by Gasteiger charge is -2.33. The predicted octanol–water partition coefficient (Wildman–Crippen LogP) is 1.97. The summed E-state index contributed by atoms with van der Waals surface area (Å²) in [5.41, 5.74) is 3.08. The standard InChI is InChI=1S/C14H15NO2/c1-9-6-14(16,17)7-11-10-4-2-3-5-13(10)15-8-12(9)11/h2-5,8-9,16-17H,6-7H2,1H3. The van der Waals surface area contributed by atoms with Crippen molar-refractivity contribution in [1.29, 1.82) is 0 Å². The summed E-state index contributed by atoms with van der Waals surface area (Å²) in [5.74, 6) is -1.46. The highest BCUT2D eigenvalue weighted by Gasteiger charge is 2.34. The van der Waals surface area contributed by atoms with E-state index in [1.54, 1.807) is 0 Å². The molecule has 1 atom stereocenters. The molecule has 1 heterocycles. The third kappa shape index (κ3) is 1.72. The summed E-state index contributed by atoms with van der Waals surface area (Å²) >= 11 is 0. The van der Waals surface area contributed by atoms with Crippen molar-refractivity contribution in [3.8, 4) is 0 Å². The summed E-state index contributed by atoms with van der Waals surface area (Å²) in [4.78, 5) is 4.43. The van der Waals surface area contributed by atoms with Gasteiger partial charge in [-0.25, -0.2) is 0 Å². The summed E-state index contributed by atoms with van der Waals surface area (Å²) < 4.78 is 0. The number of hydrogen-bond acceptors (Lipinski definition) is 3. The van der Waals surface area contributed by atoms with E-state index >= 15 is 0 Å². The average molecular weight is 229 g/mol. The Balaban J connectivity index is 2.28. The number of fused-ring (bicyclic) bond motifs is 3. The molecule has 3 rings (SSSR count). The highest BCUT2D eigenvalue weighted by molar-refractivity contribution is 5.83. The lowest BCUT2D eigenvalue weighted by molar-refractivity contribution is -0.170. The third-order valence-electron chi connectivity index (χ3n) is 3.54. The molecular weight excluding hydrogens is 214 g/mol. The predicted molar refractivity (Wildman–Crippen MR) is 65.6 cm³/mol. The van der Waals surface area contributed by atoms with Gasteiger partial charge in [0.15, 0.2) is 5.79 Å². The summed E-state index contributed by atoms with van der Waals surface area (Å²) in [7, 11) is 0. The molecule has 3 heteroatoms. The lowest BCUT2D eigenvalue weighted by atomic mass is 9.80. The lowest BCUT2D eigenvalue weighted by Crippen LogP contribution is -2.36. The van der Waals surface area contributed by atoms with Gasteiger partial charge in [0.2, 0.25) is 0 Å². The average Bonchev–Trinajstić information content (AvgIpc) is 2.27. The van der Waals surface area contributed by atoms with Crippen molar-refractivity contribution in [2.24, 2.45) is 0 Å². The van der Waals surface area contributed by atoms with Crippen molar-refractivity contribution in [2.45, 2.75) is 31.5 Å². The van der Waals surface area contributed by atoms with Crippen LogP contribution >= 0.6 is 0 Å². The van der Waals surface area contributed by atoms with E-state index in [0.717, 1.165) is 22.0 Å². The zero-order valence-electron chi connectivity index (χ0n) is 9.72. The van der Waals surface area contributed by atoms with Crippen LogP contribution in [0.4, 0.5) is 0 Å². The van der Waals surface area contributed by atoms with E-state index in [2.05, 4.69) is 4.98 Å². The molecule has 2 N–H and O–H groups in total. The molecule has 1 aliphatic rings. The van der Waals surface area contributed by atoms with Crippen LogP contribution in [0.5, 0.6) is 0 Å². The van der Waals surface area contributed by atoms with E-state index < -0.39 is 5.79 Å². The van der Waals surface area contributed by atoms with Crippen molar-refractivity contribution in [3.05, 3.63) is 41.6 Å². The highest BCUT2D eigenvalue weighted by atomic mass is 16.5. The zero-order valence-corrected chi connectivity index (χ0v) is 9.72. The van der Waals surface area contributed by atoms with Crippen LogP contribution in [0.15, 0.2) is 30.5 Å². The maximum Gasteiger partial charge on any atom is 0.167 e. The van der Waals surface area contributed by atoms with Crippen molar-refractivity contribution in [1.82, 2.24) is 4.98 Å². The number of pyridine rings is 1. The Hall–Kier alpha value is -1.45. The van der Waals surface area contributed by atoms with Gasteiger partial charge in [0.25, 0.3) is 0 Å². The Labute approximate surface area is 99.7 Å². The summed E-state index contributed by atoms with van der Waals surface area (Å²) in [6.45, 7) is 2.01. The van der Waals surface area contributed by atoms with Gasteiger partial charge in [-0.05, 0) is 23.1 Å². The second-order valence-corrected chi connectivity index (χ2v) is 4.97. The zero-order chi connectivity index (χ0) is 12.0. The summed E-state index contributed by atoms with van der Waals surface area (Å²) in [5, 5.41) is 20.8. The number of benzene rings is 1. The molecule has 17 heavy (non-hydrogen) atoms. The Morgan fingerprint density at radius 3 is 2.88 bits per heavy atom. The van der Waals surface area contributed by atoms with Crippen LogP contribution in [0, 0.1) is 0 Å². The molecule has 0 fully saturated rings. The normalized spacial score (nSPS) is 22.4. The number of rotatable bonds is 0. The van der Waals surface area contributed by atoms with Crippen LogP contribution < -0.4 is 0 Å². The molecule has 0 radical (unpaired) electrons. The van der Waals surface area contributed by atoms with E-state index in [1.807, 2.05) is 37.4 Å². The Bertz CT molecular complexity index is 577. The van der Waals surface area contributed by atoms with E-state index in [9.17, 15) is 10.2 Å². The van der Waals surface area contributed by atoms with Crippen LogP contribution in [0.3, 0.4) is 0 Å². The van der Waals surface area contributed by atoms with E-state index in [-0.39, 0.29) is 12.3 Å². The summed E-state index contributed by atoms with van der Waals surface area (Å²) in [6.07, 6.45) is 2.54. The van der Waals surface area contributed by atoms with Gasteiger partial charge >= 0.3 is 0 Å². The van der Waals surface area contributed by atoms with Gasteiger partial charge in [0.05, 0.1) is 5.52 Å². The molecule has 3 nitrogen and oxygen atoms in total. The number of para-hydroxylation sites is 1. The topological polar surface area (TPSA) is 53.4 Å². The van der Waals surface area contributed by atoms with E-state index in [1.165, 1.54) is 0 Å². The Morgan fingerprint density at radius 2 is 2.06 bits per heavy atom. The Kier molecular flexibility index (Phi) is 2.21. The van der Waals surface area contributed by atoms with Crippen molar-refractivity contribution < 1.29 is 10.2 Å². The maximum atomic E-state index is 9.89. The van der Waals surface area contributed by atoms with Crippen molar-refractivity contribution >= 4 is 10.9 Å². The van der Waals surface area contributed by atoms with Crippen LogP contribution in [0.1, 0.15) is 30.4 Å². The number of nitrogens with zero attached hydrogens (tertiary/aromatic N) is 1. The molecule has 1 unspecified atom stereocenters. The van der Waals surface area contributed by atoms with E-state index in [0.29, 0.717) is 6.42 Å². The van der Waals surface area contributed by atoms with Crippen LogP contribution in [-0.4, -0.2) is 21.0 Å². The quantitative estimate of drug-likeness (QED) is 0.679. The molecule has 0 saturated carbocycles. The van der Waals surface area contributed by atoms with Crippen molar-refractivity contribution in [3.63, 3.8) is 0 Å². The number of aromatic nitrogens is 1.